The van der Waals surface area contributed by atoms with Crippen LogP contribution in [0.1, 0.15) is 10.6 Å². The van der Waals surface area contributed by atoms with Gasteiger partial charge in [-0.05, 0) is 17.7 Å². The number of nitrogens with zero attached hydrogens (tertiary/aromatic N) is 1. The molecule has 3 rings (SSSR count). The first kappa shape index (κ1) is 11.9. The van der Waals surface area contributed by atoms with Crippen molar-refractivity contribution in [1.82, 2.24) is 4.98 Å². The highest BCUT2D eigenvalue weighted by Crippen LogP contribution is 2.23. The molecule has 0 saturated carbocycles. The van der Waals surface area contributed by atoms with Gasteiger partial charge in [-0.25, -0.2) is 4.98 Å². The van der Waals surface area contributed by atoms with Gasteiger partial charge in [0.25, 0.3) is 0 Å². The Bertz CT molecular complexity index is 659. The van der Waals surface area contributed by atoms with Crippen LogP contribution in [0.2, 0.25) is 0 Å². The molecule has 1 heterocycles. The van der Waals surface area contributed by atoms with E-state index in [0.717, 1.165) is 28.2 Å². The first-order valence-electron chi connectivity index (χ1n) is 6.09. The molecule has 0 amide bonds. The van der Waals surface area contributed by atoms with E-state index >= 15 is 0 Å². The molecule has 94 valence electrons. The average molecular weight is 267 g/mol. The molecule has 0 fully saturated rings. The maximum absolute atomic E-state index is 9.26. The maximum atomic E-state index is 9.26. The molecule has 0 bridgehead atoms. The number of phenols is 1. The van der Waals surface area contributed by atoms with Crippen LogP contribution < -0.4 is 0 Å². The second kappa shape index (κ2) is 5.24. The zero-order chi connectivity index (χ0) is 13.1. The van der Waals surface area contributed by atoms with Crippen LogP contribution in [-0.2, 0) is 6.42 Å². The van der Waals surface area contributed by atoms with Crippen LogP contribution in [0, 0.1) is 0 Å². The van der Waals surface area contributed by atoms with Crippen LogP contribution >= 0.6 is 11.3 Å². The summed E-state index contributed by atoms with van der Waals surface area (Å²) in [4.78, 5) is 4.65. The van der Waals surface area contributed by atoms with Crippen LogP contribution in [-0.4, -0.2) is 10.1 Å². The van der Waals surface area contributed by atoms with Gasteiger partial charge in [-0.1, -0.05) is 42.5 Å². The average Bonchev–Trinajstić information content (AvgIpc) is 2.91. The predicted octanol–water partition coefficient (Wildman–Crippen LogP) is 4.11. The van der Waals surface area contributed by atoms with Crippen LogP contribution in [0.15, 0.2) is 60.0 Å². The summed E-state index contributed by atoms with van der Waals surface area (Å²) in [5, 5.41) is 12.4. The Morgan fingerprint density at radius 1 is 0.947 bits per heavy atom. The molecule has 2 nitrogen and oxygen atoms in total. The monoisotopic (exact) mass is 267 g/mol. The molecule has 0 saturated heterocycles. The number of thiazole rings is 1. The fourth-order valence-electron chi connectivity index (χ4n) is 1.92. The third kappa shape index (κ3) is 2.83. The lowest BCUT2D eigenvalue weighted by Crippen LogP contribution is -1.87. The second-order valence-electron chi connectivity index (χ2n) is 4.34. The Hall–Kier alpha value is -2.13. The van der Waals surface area contributed by atoms with E-state index in [2.05, 4.69) is 22.5 Å². The van der Waals surface area contributed by atoms with Gasteiger partial charge >= 0.3 is 0 Å². The fraction of sp³-hybridized carbons (Fsp3) is 0.0625. The van der Waals surface area contributed by atoms with Crippen molar-refractivity contribution in [2.45, 2.75) is 6.42 Å². The molecule has 3 aromatic rings. The number of benzene rings is 2. The van der Waals surface area contributed by atoms with Gasteiger partial charge in [0.2, 0.25) is 0 Å². The molecule has 0 atom stereocenters. The molecule has 0 radical (unpaired) electrons. The Morgan fingerprint density at radius 3 is 2.42 bits per heavy atom. The van der Waals surface area contributed by atoms with Crippen LogP contribution in [0.25, 0.3) is 11.3 Å². The molecule has 0 aliphatic carbocycles. The van der Waals surface area contributed by atoms with Crippen molar-refractivity contribution in [2.24, 2.45) is 0 Å². The van der Waals surface area contributed by atoms with Crippen molar-refractivity contribution in [1.29, 1.82) is 0 Å². The van der Waals surface area contributed by atoms with Gasteiger partial charge in [0.1, 0.15) is 5.75 Å². The number of phenolic OH excluding ortho intramolecular Hbond substituents is 1. The van der Waals surface area contributed by atoms with Gasteiger partial charge in [-0.15, -0.1) is 11.3 Å². The minimum absolute atomic E-state index is 0.299. The SMILES string of the molecule is Oc1ccc(Cc2nc(-c3ccccc3)cs2)cc1. The minimum atomic E-state index is 0.299. The van der Waals surface area contributed by atoms with Crippen molar-refractivity contribution in [3.8, 4) is 17.0 Å². The van der Waals surface area contributed by atoms with Gasteiger partial charge in [-0.2, -0.15) is 0 Å². The van der Waals surface area contributed by atoms with E-state index in [0.29, 0.717) is 5.75 Å². The minimum Gasteiger partial charge on any atom is -0.508 e. The molecule has 0 unspecified atom stereocenters. The van der Waals surface area contributed by atoms with Gasteiger partial charge in [0.05, 0.1) is 10.7 Å². The Labute approximate surface area is 116 Å². The lowest BCUT2D eigenvalue weighted by molar-refractivity contribution is 0.475. The van der Waals surface area contributed by atoms with E-state index < -0.39 is 0 Å². The largest absolute Gasteiger partial charge is 0.508 e. The molecule has 0 spiro atoms. The lowest BCUT2D eigenvalue weighted by atomic mass is 10.1. The highest BCUT2D eigenvalue weighted by molar-refractivity contribution is 7.10. The standard InChI is InChI=1S/C16H13NOS/c18-14-8-6-12(7-9-14)10-16-17-15(11-19-16)13-4-2-1-3-5-13/h1-9,11,18H,10H2. The highest BCUT2D eigenvalue weighted by Gasteiger charge is 2.05. The number of aromatic nitrogens is 1. The molecule has 0 aliphatic rings. The Balaban J connectivity index is 1.80. The van der Waals surface area contributed by atoms with Crippen molar-refractivity contribution < 1.29 is 5.11 Å². The molecular formula is C16H13NOS. The van der Waals surface area contributed by atoms with Crippen molar-refractivity contribution in [2.75, 3.05) is 0 Å². The summed E-state index contributed by atoms with van der Waals surface area (Å²) >= 11 is 1.67. The van der Waals surface area contributed by atoms with Crippen molar-refractivity contribution >= 4 is 11.3 Å². The van der Waals surface area contributed by atoms with E-state index in [1.807, 2.05) is 30.3 Å². The smallest absolute Gasteiger partial charge is 0.115 e. The molecule has 3 heteroatoms. The van der Waals surface area contributed by atoms with Crippen LogP contribution in [0.3, 0.4) is 0 Å². The molecule has 19 heavy (non-hydrogen) atoms. The van der Waals surface area contributed by atoms with Gasteiger partial charge in [0.15, 0.2) is 0 Å². The van der Waals surface area contributed by atoms with Gasteiger partial charge in [-0.3, -0.25) is 0 Å². The number of rotatable bonds is 3. The molecule has 2 aromatic carbocycles. The molecule has 0 aliphatic heterocycles. The van der Waals surface area contributed by atoms with E-state index in [1.54, 1.807) is 23.5 Å². The van der Waals surface area contributed by atoms with E-state index in [4.69, 9.17) is 0 Å². The fourth-order valence-corrected chi connectivity index (χ4v) is 2.76. The number of hydrogen-bond acceptors (Lipinski definition) is 3. The first-order chi connectivity index (χ1) is 9.31. The second-order valence-corrected chi connectivity index (χ2v) is 5.28. The van der Waals surface area contributed by atoms with Crippen LogP contribution in [0.4, 0.5) is 0 Å². The summed E-state index contributed by atoms with van der Waals surface area (Å²) in [7, 11) is 0. The summed E-state index contributed by atoms with van der Waals surface area (Å²) < 4.78 is 0. The first-order valence-corrected chi connectivity index (χ1v) is 6.97. The quantitative estimate of drug-likeness (QED) is 0.774. The zero-order valence-corrected chi connectivity index (χ0v) is 11.1. The lowest BCUT2D eigenvalue weighted by Gasteiger charge is -1.98. The Morgan fingerprint density at radius 2 is 1.68 bits per heavy atom. The topological polar surface area (TPSA) is 33.1 Å². The zero-order valence-electron chi connectivity index (χ0n) is 10.3. The summed E-state index contributed by atoms with van der Waals surface area (Å²) in [6.07, 6.45) is 0.803. The van der Waals surface area contributed by atoms with E-state index in [-0.39, 0.29) is 0 Å². The highest BCUT2D eigenvalue weighted by atomic mass is 32.1. The summed E-state index contributed by atoms with van der Waals surface area (Å²) in [6.45, 7) is 0. The van der Waals surface area contributed by atoms with Gasteiger partial charge in [0, 0.05) is 17.4 Å². The van der Waals surface area contributed by atoms with Crippen molar-refractivity contribution in [3.63, 3.8) is 0 Å². The molecule has 1 N–H and O–H groups in total. The van der Waals surface area contributed by atoms with Gasteiger partial charge < -0.3 is 5.11 Å². The van der Waals surface area contributed by atoms with Crippen LogP contribution in [0.5, 0.6) is 5.75 Å². The summed E-state index contributed by atoms with van der Waals surface area (Å²) in [5.74, 6) is 0.299. The predicted molar refractivity (Wildman–Crippen MR) is 78.5 cm³/mol. The third-order valence-corrected chi connectivity index (χ3v) is 3.76. The van der Waals surface area contributed by atoms with E-state index in [1.165, 1.54) is 0 Å². The molecule has 1 aromatic heterocycles. The van der Waals surface area contributed by atoms with Crippen molar-refractivity contribution in [3.05, 3.63) is 70.5 Å². The Kier molecular flexibility index (Phi) is 3.29. The molecular weight excluding hydrogens is 254 g/mol. The third-order valence-electron chi connectivity index (χ3n) is 2.91. The summed E-state index contributed by atoms with van der Waals surface area (Å²) in [5.41, 5.74) is 3.34. The number of hydrogen-bond donors (Lipinski definition) is 1. The van der Waals surface area contributed by atoms with E-state index in [9.17, 15) is 5.11 Å². The normalized spacial score (nSPS) is 10.5. The summed E-state index contributed by atoms with van der Waals surface area (Å²) in [6, 6.07) is 17.5. The number of aromatic hydroxyl groups is 1. The maximum Gasteiger partial charge on any atom is 0.115 e.